The number of aliphatic imine (C=N–C) groups is 1. The summed E-state index contributed by atoms with van der Waals surface area (Å²) in [5.41, 5.74) is 9.41. The van der Waals surface area contributed by atoms with Crippen LogP contribution in [0.25, 0.3) is 0 Å². The van der Waals surface area contributed by atoms with Crippen molar-refractivity contribution in [3.05, 3.63) is 34.5 Å². The number of aromatic nitrogens is 2. The SMILES string of the molecule is CN1CCc2c(sc3c2C(N)N(CCN2CCN(c4ncccn4)CC2)C=N3)C1. The predicted octanol–water partition coefficient (Wildman–Crippen LogP) is 1.28. The van der Waals surface area contributed by atoms with Crippen LogP contribution in [0, 0.1) is 0 Å². The van der Waals surface area contributed by atoms with Crippen LogP contribution in [0.4, 0.5) is 10.9 Å². The van der Waals surface area contributed by atoms with Crippen molar-refractivity contribution in [2.24, 2.45) is 10.7 Å². The van der Waals surface area contributed by atoms with Gasteiger partial charge in [-0.1, -0.05) is 0 Å². The Morgan fingerprint density at radius 3 is 2.69 bits per heavy atom. The molecule has 9 heteroatoms. The molecule has 154 valence electrons. The van der Waals surface area contributed by atoms with E-state index in [-0.39, 0.29) is 6.17 Å². The number of piperazine rings is 1. The second-order valence-electron chi connectivity index (χ2n) is 8.02. The first-order chi connectivity index (χ1) is 14.2. The van der Waals surface area contributed by atoms with Gasteiger partial charge in [-0.2, -0.15) is 0 Å². The van der Waals surface area contributed by atoms with Gasteiger partial charge in [0.05, 0.1) is 6.34 Å². The molecule has 2 aromatic heterocycles. The monoisotopic (exact) mass is 412 g/mol. The minimum atomic E-state index is -0.0788. The molecular weight excluding hydrogens is 384 g/mol. The number of likely N-dealkylation sites (N-methyl/N-ethyl adjacent to an activating group) is 1. The van der Waals surface area contributed by atoms with Gasteiger partial charge in [-0.05, 0) is 25.1 Å². The zero-order valence-electron chi connectivity index (χ0n) is 16.9. The fourth-order valence-electron chi connectivity index (χ4n) is 4.39. The average Bonchev–Trinajstić information content (AvgIpc) is 3.12. The molecule has 3 aliphatic rings. The van der Waals surface area contributed by atoms with Crippen LogP contribution < -0.4 is 10.6 Å². The smallest absolute Gasteiger partial charge is 0.225 e. The minimum absolute atomic E-state index is 0.0788. The van der Waals surface area contributed by atoms with Crippen LogP contribution in [0.1, 0.15) is 22.2 Å². The van der Waals surface area contributed by atoms with Crippen LogP contribution in [-0.2, 0) is 13.0 Å². The molecule has 2 aromatic rings. The van der Waals surface area contributed by atoms with Gasteiger partial charge in [0.2, 0.25) is 5.95 Å². The van der Waals surface area contributed by atoms with E-state index in [1.54, 1.807) is 12.4 Å². The average molecular weight is 413 g/mol. The number of hydrogen-bond acceptors (Lipinski definition) is 9. The first kappa shape index (κ1) is 18.9. The maximum atomic E-state index is 6.69. The summed E-state index contributed by atoms with van der Waals surface area (Å²) in [7, 11) is 2.18. The summed E-state index contributed by atoms with van der Waals surface area (Å²) in [4.78, 5) is 24.3. The summed E-state index contributed by atoms with van der Waals surface area (Å²) in [6, 6.07) is 1.86. The molecule has 3 aliphatic heterocycles. The standard InChI is InChI=1S/C20H28N8S/c1-25-6-3-15-16(13-25)29-19-17(15)18(21)28(14-24-19)12-9-26-7-10-27(11-8-26)20-22-4-2-5-23-20/h2,4-5,14,18H,3,6-13,21H2,1H3. The summed E-state index contributed by atoms with van der Waals surface area (Å²) in [5, 5.41) is 1.12. The molecule has 0 amide bonds. The van der Waals surface area contributed by atoms with Crippen molar-refractivity contribution in [1.82, 2.24) is 24.7 Å². The van der Waals surface area contributed by atoms with Crippen LogP contribution in [0.15, 0.2) is 23.5 Å². The van der Waals surface area contributed by atoms with Crippen molar-refractivity contribution in [3.63, 3.8) is 0 Å². The lowest BCUT2D eigenvalue weighted by molar-refractivity contribution is 0.216. The second-order valence-corrected chi connectivity index (χ2v) is 9.10. The highest BCUT2D eigenvalue weighted by Crippen LogP contribution is 2.43. The number of thiophene rings is 1. The largest absolute Gasteiger partial charge is 0.342 e. The van der Waals surface area contributed by atoms with Gasteiger partial charge in [0, 0.05) is 75.2 Å². The van der Waals surface area contributed by atoms with Crippen LogP contribution in [0.3, 0.4) is 0 Å². The highest BCUT2D eigenvalue weighted by molar-refractivity contribution is 7.16. The zero-order chi connectivity index (χ0) is 19.8. The molecule has 0 spiro atoms. The maximum absolute atomic E-state index is 6.69. The lowest BCUT2D eigenvalue weighted by Crippen LogP contribution is -2.49. The molecule has 2 N–H and O–H groups in total. The molecule has 29 heavy (non-hydrogen) atoms. The first-order valence-electron chi connectivity index (χ1n) is 10.3. The topological polar surface area (TPSA) is 77.1 Å². The van der Waals surface area contributed by atoms with Crippen LogP contribution in [-0.4, -0.2) is 83.9 Å². The van der Waals surface area contributed by atoms with Crippen molar-refractivity contribution < 1.29 is 0 Å². The minimum Gasteiger partial charge on any atom is -0.342 e. The number of anilines is 1. The molecular formula is C20H28N8S. The normalized spacial score (nSPS) is 22.6. The fourth-order valence-corrected chi connectivity index (χ4v) is 5.69. The summed E-state index contributed by atoms with van der Waals surface area (Å²) < 4.78 is 0. The van der Waals surface area contributed by atoms with E-state index >= 15 is 0 Å². The van der Waals surface area contributed by atoms with Gasteiger partial charge < -0.3 is 20.4 Å². The van der Waals surface area contributed by atoms with Crippen molar-refractivity contribution >= 4 is 28.6 Å². The maximum Gasteiger partial charge on any atom is 0.225 e. The van der Waals surface area contributed by atoms with Gasteiger partial charge in [-0.3, -0.25) is 4.90 Å². The highest BCUT2D eigenvalue weighted by Gasteiger charge is 2.31. The molecule has 8 nitrogen and oxygen atoms in total. The molecule has 0 aromatic carbocycles. The van der Waals surface area contributed by atoms with E-state index in [1.807, 2.05) is 23.7 Å². The third-order valence-electron chi connectivity index (χ3n) is 6.13. The first-order valence-corrected chi connectivity index (χ1v) is 11.1. The van der Waals surface area contributed by atoms with Gasteiger partial charge in [0.1, 0.15) is 11.2 Å². The second kappa shape index (κ2) is 7.98. The molecule has 1 fully saturated rings. The van der Waals surface area contributed by atoms with Gasteiger partial charge in [0.15, 0.2) is 0 Å². The van der Waals surface area contributed by atoms with E-state index in [0.717, 1.165) is 69.7 Å². The van der Waals surface area contributed by atoms with Gasteiger partial charge in [-0.15, -0.1) is 11.3 Å². The van der Waals surface area contributed by atoms with Gasteiger partial charge in [-0.25, -0.2) is 15.0 Å². The van der Waals surface area contributed by atoms with Crippen LogP contribution in [0.5, 0.6) is 0 Å². The third kappa shape index (κ3) is 3.75. The summed E-state index contributed by atoms with van der Waals surface area (Å²) in [6.07, 6.45) is 6.57. The molecule has 1 atom stereocenters. The number of nitrogens with zero attached hydrogens (tertiary/aromatic N) is 7. The van der Waals surface area contributed by atoms with Crippen molar-refractivity contribution in [3.8, 4) is 0 Å². The number of hydrogen-bond donors (Lipinski definition) is 1. The van der Waals surface area contributed by atoms with Crippen LogP contribution >= 0.6 is 11.3 Å². The molecule has 0 radical (unpaired) electrons. The van der Waals surface area contributed by atoms with E-state index in [0.29, 0.717) is 0 Å². The fraction of sp³-hybridized carbons (Fsp3) is 0.550. The van der Waals surface area contributed by atoms with Crippen molar-refractivity contribution in [2.45, 2.75) is 19.1 Å². The Bertz CT molecular complexity index is 874. The van der Waals surface area contributed by atoms with Crippen molar-refractivity contribution in [2.75, 3.05) is 57.8 Å². The Balaban J connectivity index is 1.18. The summed E-state index contributed by atoms with van der Waals surface area (Å²) >= 11 is 1.82. The Morgan fingerprint density at radius 1 is 1.10 bits per heavy atom. The van der Waals surface area contributed by atoms with Crippen LogP contribution in [0.2, 0.25) is 0 Å². The summed E-state index contributed by atoms with van der Waals surface area (Å²) in [6.45, 7) is 7.96. The molecule has 5 rings (SSSR count). The van der Waals surface area contributed by atoms with E-state index in [1.165, 1.54) is 16.0 Å². The Hall–Kier alpha value is -2.07. The van der Waals surface area contributed by atoms with E-state index in [2.05, 4.69) is 36.6 Å². The van der Waals surface area contributed by atoms with E-state index < -0.39 is 0 Å². The van der Waals surface area contributed by atoms with Crippen molar-refractivity contribution in [1.29, 1.82) is 0 Å². The van der Waals surface area contributed by atoms with E-state index in [9.17, 15) is 0 Å². The highest BCUT2D eigenvalue weighted by atomic mass is 32.1. The zero-order valence-corrected chi connectivity index (χ0v) is 17.7. The molecule has 0 bridgehead atoms. The Morgan fingerprint density at radius 2 is 1.90 bits per heavy atom. The quantitative estimate of drug-likeness (QED) is 0.811. The molecule has 1 saturated heterocycles. The lowest BCUT2D eigenvalue weighted by atomic mass is 10.0. The molecule has 0 aliphatic carbocycles. The Labute approximate surface area is 175 Å². The summed E-state index contributed by atoms with van der Waals surface area (Å²) in [5.74, 6) is 0.831. The number of fused-ring (bicyclic) bond motifs is 3. The van der Waals surface area contributed by atoms with E-state index in [4.69, 9.17) is 10.7 Å². The number of nitrogens with two attached hydrogens (primary N) is 1. The molecule has 5 heterocycles. The Kier molecular flexibility index (Phi) is 5.21. The predicted molar refractivity (Wildman–Crippen MR) is 117 cm³/mol. The number of rotatable bonds is 4. The van der Waals surface area contributed by atoms with Gasteiger partial charge in [0.25, 0.3) is 0 Å². The molecule has 0 saturated carbocycles. The van der Waals surface area contributed by atoms with Gasteiger partial charge >= 0.3 is 0 Å². The molecule has 1 unspecified atom stereocenters. The third-order valence-corrected chi connectivity index (χ3v) is 7.27. The lowest BCUT2D eigenvalue weighted by Gasteiger charge is -2.37.